The van der Waals surface area contributed by atoms with Crippen molar-refractivity contribution in [1.29, 1.82) is 0 Å². The zero-order valence-corrected chi connectivity index (χ0v) is 38.8. The van der Waals surface area contributed by atoms with Crippen molar-refractivity contribution in [3.8, 4) is 67.1 Å². The molecule has 0 atom stereocenters. The highest BCUT2D eigenvalue weighted by Gasteiger charge is 2.51. The van der Waals surface area contributed by atoms with Gasteiger partial charge in [0.15, 0.2) is 0 Å². The summed E-state index contributed by atoms with van der Waals surface area (Å²) < 4.78 is 6.74. The smallest absolute Gasteiger partial charge is 0.132 e. The molecule has 332 valence electrons. The minimum absolute atomic E-state index is 0.614. The molecule has 0 fully saturated rings. The largest absolute Gasteiger partial charge is 0.457 e. The number of benzene rings is 12. The molecule has 1 spiro atoms. The number of hydrogen-bond donors (Lipinski definition) is 0. The van der Waals surface area contributed by atoms with E-state index in [0.29, 0.717) is 0 Å². The van der Waals surface area contributed by atoms with Crippen molar-refractivity contribution in [2.24, 2.45) is 0 Å². The summed E-state index contributed by atoms with van der Waals surface area (Å²) in [5.41, 5.74) is 19.3. The third-order valence-corrected chi connectivity index (χ3v) is 15.0. The molecule has 0 saturated heterocycles. The van der Waals surface area contributed by atoms with Crippen LogP contribution >= 0.6 is 0 Å². The molecule has 2 heteroatoms. The quantitative estimate of drug-likeness (QED) is 0.148. The first-order chi connectivity index (χ1) is 35.2. The maximum absolute atomic E-state index is 6.74. The fourth-order valence-electron chi connectivity index (χ4n) is 11.8. The fourth-order valence-corrected chi connectivity index (χ4v) is 11.8. The summed E-state index contributed by atoms with van der Waals surface area (Å²) in [5.74, 6) is 1.76. The zero-order valence-electron chi connectivity index (χ0n) is 38.8. The molecule has 1 heterocycles. The van der Waals surface area contributed by atoms with Crippen LogP contribution in [0.25, 0.3) is 77.2 Å². The Balaban J connectivity index is 0.985. The van der Waals surface area contributed by atoms with Crippen molar-refractivity contribution in [2.75, 3.05) is 4.90 Å². The summed E-state index contributed by atoms with van der Waals surface area (Å²) in [6, 6.07) is 99.8. The molecule has 1 aliphatic heterocycles. The van der Waals surface area contributed by atoms with Crippen LogP contribution in [0.4, 0.5) is 17.1 Å². The SMILES string of the molecule is c1ccc(-c2ccccc2-c2ccccc2-c2ccccc2N(c2ccc(-c3ccc4c(ccc5ccccc54)c3)cc2)c2ccc3c(c2)C2(c4ccccc4Oc4ccccc42)c2ccccc2-3)cc1. The third-order valence-electron chi connectivity index (χ3n) is 15.0. The molecule has 14 rings (SSSR count). The van der Waals surface area contributed by atoms with Gasteiger partial charge in [-0.05, 0) is 131 Å². The molecule has 0 N–H and O–H groups in total. The van der Waals surface area contributed by atoms with Crippen molar-refractivity contribution < 1.29 is 4.74 Å². The van der Waals surface area contributed by atoms with E-state index in [4.69, 9.17) is 4.74 Å². The zero-order chi connectivity index (χ0) is 46.9. The Morgan fingerprint density at radius 3 is 1.52 bits per heavy atom. The molecule has 0 bridgehead atoms. The first-order valence-electron chi connectivity index (χ1n) is 24.5. The van der Waals surface area contributed by atoms with Crippen molar-refractivity contribution >= 4 is 38.6 Å². The minimum atomic E-state index is -0.614. The molecule has 2 nitrogen and oxygen atoms in total. The second-order valence-electron chi connectivity index (χ2n) is 18.7. The monoisotopic (exact) mass is 903 g/mol. The van der Waals surface area contributed by atoms with E-state index in [1.165, 1.54) is 77.2 Å². The van der Waals surface area contributed by atoms with Gasteiger partial charge in [-0.2, -0.15) is 0 Å². The van der Waals surface area contributed by atoms with E-state index in [9.17, 15) is 0 Å². The highest BCUT2D eigenvalue weighted by molar-refractivity contribution is 6.08. The lowest BCUT2D eigenvalue weighted by molar-refractivity contribution is 0.436. The van der Waals surface area contributed by atoms with Crippen molar-refractivity contribution in [3.05, 3.63) is 295 Å². The van der Waals surface area contributed by atoms with E-state index in [0.717, 1.165) is 50.8 Å². The van der Waals surface area contributed by atoms with Gasteiger partial charge in [-0.3, -0.25) is 0 Å². The molecular formula is C69H45NO. The van der Waals surface area contributed by atoms with E-state index < -0.39 is 5.41 Å². The van der Waals surface area contributed by atoms with E-state index >= 15 is 0 Å². The minimum Gasteiger partial charge on any atom is -0.457 e. The highest BCUT2D eigenvalue weighted by atomic mass is 16.5. The van der Waals surface area contributed by atoms with Crippen LogP contribution in [0, 0.1) is 0 Å². The molecule has 0 unspecified atom stereocenters. The summed E-state index contributed by atoms with van der Waals surface area (Å²) in [4.78, 5) is 2.47. The van der Waals surface area contributed by atoms with Gasteiger partial charge in [-0.25, -0.2) is 0 Å². The summed E-state index contributed by atoms with van der Waals surface area (Å²) in [6.45, 7) is 0. The average molecular weight is 904 g/mol. The van der Waals surface area contributed by atoms with Crippen LogP contribution in [0.3, 0.4) is 0 Å². The van der Waals surface area contributed by atoms with Crippen molar-refractivity contribution in [2.45, 2.75) is 5.41 Å². The summed E-state index contributed by atoms with van der Waals surface area (Å²) in [5, 5.41) is 5.03. The Bertz CT molecular complexity index is 3990. The topological polar surface area (TPSA) is 12.5 Å². The van der Waals surface area contributed by atoms with E-state index in [-0.39, 0.29) is 0 Å². The van der Waals surface area contributed by atoms with Crippen LogP contribution in [0.1, 0.15) is 22.3 Å². The maximum Gasteiger partial charge on any atom is 0.132 e. The Morgan fingerprint density at radius 2 is 0.775 bits per heavy atom. The van der Waals surface area contributed by atoms with Gasteiger partial charge in [0.05, 0.1) is 11.1 Å². The molecule has 0 amide bonds. The molecule has 0 saturated carbocycles. The normalized spacial score (nSPS) is 12.7. The number of hydrogen-bond acceptors (Lipinski definition) is 2. The number of para-hydroxylation sites is 3. The Labute approximate surface area is 414 Å². The van der Waals surface area contributed by atoms with Crippen LogP contribution in [-0.2, 0) is 5.41 Å². The van der Waals surface area contributed by atoms with Gasteiger partial charge < -0.3 is 9.64 Å². The number of nitrogens with zero attached hydrogens (tertiary/aromatic N) is 1. The molecule has 2 aliphatic rings. The Morgan fingerprint density at radius 1 is 0.268 bits per heavy atom. The van der Waals surface area contributed by atoms with Gasteiger partial charge in [-0.1, -0.05) is 224 Å². The van der Waals surface area contributed by atoms with Gasteiger partial charge in [0.2, 0.25) is 0 Å². The first kappa shape index (κ1) is 40.8. The second kappa shape index (κ2) is 16.5. The number of anilines is 3. The lowest BCUT2D eigenvalue weighted by atomic mass is 9.66. The number of fused-ring (bicyclic) bond motifs is 12. The van der Waals surface area contributed by atoms with Crippen LogP contribution < -0.4 is 9.64 Å². The first-order valence-corrected chi connectivity index (χ1v) is 24.5. The Kier molecular flexibility index (Phi) is 9.47. The van der Waals surface area contributed by atoms with Crippen LogP contribution in [0.15, 0.2) is 273 Å². The van der Waals surface area contributed by atoms with E-state index in [1.807, 2.05) is 0 Å². The third kappa shape index (κ3) is 6.42. The van der Waals surface area contributed by atoms with Gasteiger partial charge in [0.25, 0.3) is 0 Å². The highest BCUT2D eigenvalue weighted by Crippen LogP contribution is 2.63. The summed E-state index contributed by atoms with van der Waals surface area (Å²) in [6.07, 6.45) is 0. The van der Waals surface area contributed by atoms with E-state index in [2.05, 4.69) is 278 Å². The van der Waals surface area contributed by atoms with Crippen molar-refractivity contribution in [3.63, 3.8) is 0 Å². The molecule has 12 aromatic rings. The Hall–Kier alpha value is -9.24. The average Bonchev–Trinajstić information content (AvgIpc) is 3.73. The lowest BCUT2D eigenvalue weighted by Gasteiger charge is -2.39. The molecule has 71 heavy (non-hydrogen) atoms. The molecule has 0 radical (unpaired) electrons. The van der Waals surface area contributed by atoms with Gasteiger partial charge >= 0.3 is 0 Å². The lowest BCUT2D eigenvalue weighted by Crippen LogP contribution is -2.32. The molecule has 0 aromatic heterocycles. The van der Waals surface area contributed by atoms with Gasteiger partial charge in [0.1, 0.15) is 11.5 Å². The molecule has 1 aliphatic carbocycles. The number of ether oxygens (including phenoxy) is 1. The fraction of sp³-hybridized carbons (Fsp3) is 0.0145. The number of rotatable bonds is 7. The van der Waals surface area contributed by atoms with E-state index in [1.54, 1.807) is 0 Å². The summed E-state index contributed by atoms with van der Waals surface area (Å²) >= 11 is 0. The second-order valence-corrected chi connectivity index (χ2v) is 18.7. The maximum atomic E-state index is 6.74. The predicted molar refractivity (Wildman–Crippen MR) is 295 cm³/mol. The predicted octanol–water partition coefficient (Wildman–Crippen LogP) is 18.6. The van der Waals surface area contributed by atoms with Crippen LogP contribution in [0.2, 0.25) is 0 Å². The summed E-state index contributed by atoms with van der Waals surface area (Å²) in [7, 11) is 0. The molecular weight excluding hydrogens is 859 g/mol. The van der Waals surface area contributed by atoms with Crippen molar-refractivity contribution in [1.82, 2.24) is 0 Å². The standard InChI is InChI=1S/C69H45NO/c1-2-18-47(19-3-1)54-22-6-7-23-56(54)57-24-8-9-25-58(57)61-27-11-15-31-66(61)70(51-39-36-46(37-40-51)49-38-42-55-50(44-49)35-34-48-20-4-5-21-53(48)55)52-41-43-60-59-26-10-12-28-62(59)69(65(60)45-52)63-29-13-16-32-67(63)71-68-33-17-14-30-64(68)69/h1-45H. The van der Waals surface area contributed by atoms with Crippen LogP contribution in [0.5, 0.6) is 11.5 Å². The van der Waals surface area contributed by atoms with Crippen LogP contribution in [-0.4, -0.2) is 0 Å². The van der Waals surface area contributed by atoms with Gasteiger partial charge in [-0.15, -0.1) is 0 Å². The van der Waals surface area contributed by atoms with Gasteiger partial charge in [0, 0.05) is 28.1 Å². The molecule has 12 aromatic carbocycles.